The van der Waals surface area contributed by atoms with Crippen LogP contribution in [0.15, 0.2) is 60.7 Å². The van der Waals surface area contributed by atoms with Crippen molar-refractivity contribution >= 4 is 24.0 Å². The SMILES string of the molecule is CCOc1cc(CNCc2ccc(F)cc2)cc(Cl)c1OCc1ccc(F)cc1.Cl. The minimum Gasteiger partial charge on any atom is -0.490 e. The van der Waals surface area contributed by atoms with Crippen molar-refractivity contribution in [1.29, 1.82) is 0 Å². The van der Waals surface area contributed by atoms with E-state index >= 15 is 0 Å². The molecule has 0 aliphatic rings. The van der Waals surface area contributed by atoms with Crippen molar-refractivity contribution in [1.82, 2.24) is 5.32 Å². The van der Waals surface area contributed by atoms with Gasteiger partial charge in [-0.15, -0.1) is 12.4 Å². The van der Waals surface area contributed by atoms with E-state index in [1.807, 2.05) is 19.1 Å². The number of benzene rings is 3. The molecule has 0 aromatic heterocycles. The quantitative estimate of drug-likeness (QED) is 0.411. The smallest absolute Gasteiger partial charge is 0.180 e. The maximum absolute atomic E-state index is 13.0. The Kier molecular flexibility index (Phi) is 9.37. The molecule has 0 aliphatic carbocycles. The van der Waals surface area contributed by atoms with E-state index in [1.165, 1.54) is 24.3 Å². The maximum atomic E-state index is 13.0. The van der Waals surface area contributed by atoms with Gasteiger partial charge in [0.25, 0.3) is 0 Å². The van der Waals surface area contributed by atoms with Gasteiger partial charge < -0.3 is 14.8 Å². The molecule has 0 spiro atoms. The lowest BCUT2D eigenvalue weighted by molar-refractivity contribution is 0.269. The van der Waals surface area contributed by atoms with Crippen molar-refractivity contribution in [3.63, 3.8) is 0 Å². The van der Waals surface area contributed by atoms with Crippen molar-refractivity contribution < 1.29 is 18.3 Å². The van der Waals surface area contributed by atoms with Gasteiger partial charge in [0.05, 0.1) is 11.6 Å². The highest BCUT2D eigenvalue weighted by molar-refractivity contribution is 6.32. The predicted molar refractivity (Wildman–Crippen MR) is 118 cm³/mol. The zero-order chi connectivity index (χ0) is 20.6. The molecule has 3 rings (SSSR count). The molecule has 0 radical (unpaired) electrons. The number of ether oxygens (including phenoxy) is 2. The highest BCUT2D eigenvalue weighted by Gasteiger charge is 2.13. The third kappa shape index (κ3) is 6.87. The lowest BCUT2D eigenvalue weighted by Crippen LogP contribution is -2.13. The first kappa shape index (κ1) is 23.9. The summed E-state index contributed by atoms with van der Waals surface area (Å²) in [6.07, 6.45) is 0. The normalized spacial score (nSPS) is 10.4. The minimum absolute atomic E-state index is 0. The molecule has 0 aliphatic heterocycles. The summed E-state index contributed by atoms with van der Waals surface area (Å²) in [5.74, 6) is 0.471. The highest BCUT2D eigenvalue weighted by Crippen LogP contribution is 2.37. The van der Waals surface area contributed by atoms with Gasteiger partial charge in [0.1, 0.15) is 18.2 Å². The van der Waals surface area contributed by atoms with Crippen LogP contribution >= 0.6 is 24.0 Å². The molecule has 0 fully saturated rings. The number of nitrogens with one attached hydrogen (secondary N) is 1. The van der Waals surface area contributed by atoms with E-state index in [-0.39, 0.29) is 30.6 Å². The third-order valence-corrected chi connectivity index (χ3v) is 4.52. The van der Waals surface area contributed by atoms with Gasteiger partial charge in [0.2, 0.25) is 0 Å². The van der Waals surface area contributed by atoms with E-state index in [4.69, 9.17) is 21.1 Å². The Morgan fingerprint density at radius 3 is 1.97 bits per heavy atom. The Labute approximate surface area is 186 Å². The average Bonchev–Trinajstić information content (AvgIpc) is 2.70. The predicted octanol–water partition coefficient (Wildman–Crippen LogP) is 6.31. The Balaban J connectivity index is 0.00000320. The van der Waals surface area contributed by atoms with Gasteiger partial charge in [0, 0.05) is 13.1 Å². The van der Waals surface area contributed by atoms with Crippen LogP contribution in [0, 0.1) is 11.6 Å². The van der Waals surface area contributed by atoms with Crippen molar-refractivity contribution in [3.8, 4) is 11.5 Å². The fraction of sp³-hybridized carbons (Fsp3) is 0.217. The summed E-state index contributed by atoms with van der Waals surface area (Å²) in [6, 6.07) is 16.2. The summed E-state index contributed by atoms with van der Waals surface area (Å²) in [7, 11) is 0. The Hall–Kier alpha value is -2.34. The van der Waals surface area contributed by atoms with Crippen LogP contribution in [-0.2, 0) is 19.7 Å². The van der Waals surface area contributed by atoms with Crippen LogP contribution in [0.5, 0.6) is 11.5 Å². The summed E-state index contributed by atoms with van der Waals surface area (Å²) in [4.78, 5) is 0. The molecule has 7 heteroatoms. The summed E-state index contributed by atoms with van der Waals surface area (Å²) in [5, 5.41) is 3.74. The van der Waals surface area contributed by atoms with Crippen LogP contribution in [0.1, 0.15) is 23.6 Å². The summed E-state index contributed by atoms with van der Waals surface area (Å²) >= 11 is 6.44. The van der Waals surface area contributed by atoms with Gasteiger partial charge in [-0.05, 0) is 60.0 Å². The molecule has 160 valence electrons. The molecule has 0 unspecified atom stereocenters. The van der Waals surface area contributed by atoms with Gasteiger partial charge in [-0.2, -0.15) is 0 Å². The summed E-state index contributed by atoms with van der Waals surface area (Å²) in [5.41, 5.74) is 2.76. The molecule has 1 N–H and O–H groups in total. The van der Waals surface area contributed by atoms with Crippen LogP contribution in [0.2, 0.25) is 5.02 Å². The average molecular weight is 454 g/mol. The molecule has 3 aromatic rings. The molecule has 0 saturated heterocycles. The Morgan fingerprint density at radius 1 is 0.800 bits per heavy atom. The maximum Gasteiger partial charge on any atom is 0.180 e. The summed E-state index contributed by atoms with van der Waals surface area (Å²) < 4.78 is 37.6. The first-order chi connectivity index (χ1) is 14.0. The molecule has 3 aromatic carbocycles. The Morgan fingerprint density at radius 2 is 1.37 bits per heavy atom. The first-order valence-corrected chi connectivity index (χ1v) is 9.70. The van der Waals surface area contributed by atoms with E-state index in [0.717, 1.165) is 16.7 Å². The second kappa shape index (κ2) is 11.7. The zero-order valence-electron chi connectivity index (χ0n) is 16.5. The fourth-order valence-corrected chi connectivity index (χ4v) is 3.10. The Bertz CT molecular complexity index is 935. The van der Waals surface area contributed by atoms with Crippen LogP contribution < -0.4 is 14.8 Å². The van der Waals surface area contributed by atoms with Crippen LogP contribution in [0.3, 0.4) is 0 Å². The van der Waals surface area contributed by atoms with Crippen LogP contribution in [0.4, 0.5) is 8.78 Å². The van der Waals surface area contributed by atoms with Crippen molar-refractivity contribution in [2.45, 2.75) is 26.6 Å². The number of halogens is 4. The molecule has 30 heavy (non-hydrogen) atoms. The highest BCUT2D eigenvalue weighted by atomic mass is 35.5. The lowest BCUT2D eigenvalue weighted by Gasteiger charge is -2.16. The molecule has 0 bridgehead atoms. The molecular weight excluding hydrogens is 431 g/mol. The number of hydrogen-bond acceptors (Lipinski definition) is 3. The second-order valence-electron chi connectivity index (χ2n) is 6.48. The molecule has 0 atom stereocenters. The molecule has 0 saturated carbocycles. The lowest BCUT2D eigenvalue weighted by atomic mass is 10.1. The molecule has 3 nitrogen and oxygen atoms in total. The third-order valence-electron chi connectivity index (χ3n) is 4.24. The fourth-order valence-electron chi connectivity index (χ4n) is 2.82. The monoisotopic (exact) mass is 453 g/mol. The van der Waals surface area contributed by atoms with Gasteiger partial charge in [0.15, 0.2) is 11.5 Å². The first-order valence-electron chi connectivity index (χ1n) is 9.32. The van der Waals surface area contributed by atoms with E-state index in [1.54, 1.807) is 24.3 Å². The van der Waals surface area contributed by atoms with Crippen molar-refractivity contribution in [2.75, 3.05) is 6.61 Å². The van der Waals surface area contributed by atoms with Gasteiger partial charge in [-0.1, -0.05) is 35.9 Å². The standard InChI is InChI=1S/C23H22ClF2NO2.ClH/c1-2-28-22-12-18(14-27-13-16-3-7-19(25)8-4-16)11-21(24)23(22)29-15-17-5-9-20(26)10-6-17;/h3-12,27H,2,13-15H2,1H3;1H. The number of rotatable bonds is 9. The van der Waals surface area contributed by atoms with Crippen LogP contribution in [0.25, 0.3) is 0 Å². The number of hydrogen-bond donors (Lipinski definition) is 1. The van der Waals surface area contributed by atoms with Gasteiger partial charge in [-0.25, -0.2) is 8.78 Å². The summed E-state index contributed by atoms with van der Waals surface area (Å²) in [6.45, 7) is 3.77. The molecular formula is C23H23Cl2F2NO2. The molecule has 0 heterocycles. The van der Waals surface area contributed by atoms with E-state index in [0.29, 0.717) is 36.2 Å². The van der Waals surface area contributed by atoms with E-state index in [2.05, 4.69) is 5.32 Å². The molecule has 0 amide bonds. The zero-order valence-corrected chi connectivity index (χ0v) is 18.0. The largest absolute Gasteiger partial charge is 0.490 e. The van der Waals surface area contributed by atoms with Crippen molar-refractivity contribution in [2.24, 2.45) is 0 Å². The van der Waals surface area contributed by atoms with E-state index < -0.39 is 0 Å². The minimum atomic E-state index is -0.292. The van der Waals surface area contributed by atoms with Crippen LogP contribution in [-0.4, -0.2) is 6.61 Å². The van der Waals surface area contributed by atoms with Crippen molar-refractivity contribution in [3.05, 3.63) is 94.0 Å². The second-order valence-corrected chi connectivity index (χ2v) is 6.89. The van der Waals surface area contributed by atoms with Gasteiger partial charge in [-0.3, -0.25) is 0 Å². The topological polar surface area (TPSA) is 30.5 Å². The van der Waals surface area contributed by atoms with E-state index in [9.17, 15) is 8.78 Å². The van der Waals surface area contributed by atoms with Gasteiger partial charge >= 0.3 is 0 Å².